The Morgan fingerprint density at radius 3 is 2.82 bits per heavy atom. The summed E-state index contributed by atoms with van der Waals surface area (Å²) in [5.41, 5.74) is 0. The molecule has 11 heavy (non-hydrogen) atoms. The monoisotopic (exact) mass is 184 g/mol. The normalized spacial score (nSPS) is 16.0. The standard InChI is InChI=1S/C8H8OS2/c9-6-2-1-3-7-8(6)11-5-4-10-7/h1-3,9H,4-5H2. The van der Waals surface area contributed by atoms with Gasteiger partial charge in [-0.2, -0.15) is 0 Å². The number of aromatic hydroxyl groups is 1. The Balaban J connectivity index is 2.49. The van der Waals surface area contributed by atoms with E-state index < -0.39 is 0 Å². The van der Waals surface area contributed by atoms with Crippen molar-refractivity contribution in [2.75, 3.05) is 11.5 Å². The van der Waals surface area contributed by atoms with E-state index in [0.29, 0.717) is 5.75 Å². The van der Waals surface area contributed by atoms with Crippen molar-refractivity contribution in [3.05, 3.63) is 18.2 Å². The van der Waals surface area contributed by atoms with Crippen LogP contribution < -0.4 is 0 Å². The Bertz CT molecular complexity index is 273. The molecule has 1 aliphatic rings. The highest BCUT2D eigenvalue weighted by molar-refractivity contribution is 8.05. The third kappa shape index (κ3) is 1.35. The van der Waals surface area contributed by atoms with Crippen LogP contribution in [0.15, 0.2) is 28.0 Å². The van der Waals surface area contributed by atoms with E-state index in [1.54, 1.807) is 17.8 Å². The van der Waals surface area contributed by atoms with Gasteiger partial charge in [0.25, 0.3) is 0 Å². The van der Waals surface area contributed by atoms with Gasteiger partial charge in [0.1, 0.15) is 5.75 Å². The lowest BCUT2D eigenvalue weighted by atomic mass is 10.3. The number of rotatable bonds is 0. The van der Waals surface area contributed by atoms with Gasteiger partial charge in [-0.05, 0) is 12.1 Å². The van der Waals surface area contributed by atoms with E-state index in [1.165, 1.54) is 4.90 Å². The van der Waals surface area contributed by atoms with E-state index in [9.17, 15) is 5.11 Å². The molecule has 3 heteroatoms. The molecule has 0 bridgehead atoms. The average Bonchev–Trinajstić information content (AvgIpc) is 2.06. The van der Waals surface area contributed by atoms with E-state index >= 15 is 0 Å². The fourth-order valence-corrected chi connectivity index (χ4v) is 3.34. The van der Waals surface area contributed by atoms with Gasteiger partial charge in [-0.1, -0.05) is 6.07 Å². The Morgan fingerprint density at radius 2 is 2.00 bits per heavy atom. The molecule has 1 N–H and O–H groups in total. The maximum absolute atomic E-state index is 9.42. The molecule has 1 aromatic carbocycles. The van der Waals surface area contributed by atoms with Gasteiger partial charge in [0.2, 0.25) is 0 Å². The number of thioether (sulfide) groups is 2. The number of fused-ring (bicyclic) bond motifs is 1. The quantitative estimate of drug-likeness (QED) is 0.669. The minimum atomic E-state index is 0.430. The lowest BCUT2D eigenvalue weighted by Crippen LogP contribution is -1.93. The summed E-state index contributed by atoms with van der Waals surface area (Å²) in [5.74, 6) is 2.69. The van der Waals surface area contributed by atoms with Crippen LogP contribution in [0.4, 0.5) is 0 Å². The smallest absolute Gasteiger partial charge is 0.130 e. The second kappa shape index (κ2) is 2.99. The lowest BCUT2D eigenvalue weighted by Gasteiger charge is -2.14. The fraction of sp³-hybridized carbons (Fsp3) is 0.250. The Morgan fingerprint density at radius 1 is 1.18 bits per heavy atom. The molecule has 1 heterocycles. The summed E-state index contributed by atoms with van der Waals surface area (Å²) in [5, 5.41) is 9.42. The molecule has 0 fully saturated rings. The molecule has 0 saturated heterocycles. The van der Waals surface area contributed by atoms with Crippen molar-refractivity contribution in [1.29, 1.82) is 0 Å². The second-order valence-corrected chi connectivity index (χ2v) is 4.54. The van der Waals surface area contributed by atoms with Crippen LogP contribution in [-0.4, -0.2) is 16.6 Å². The summed E-state index contributed by atoms with van der Waals surface area (Å²) in [6.07, 6.45) is 0. The summed E-state index contributed by atoms with van der Waals surface area (Å²) >= 11 is 3.57. The maximum Gasteiger partial charge on any atom is 0.130 e. The Labute approximate surface area is 74.2 Å². The van der Waals surface area contributed by atoms with Crippen LogP contribution in [0.3, 0.4) is 0 Å². The molecule has 2 rings (SSSR count). The summed E-state index contributed by atoms with van der Waals surface area (Å²) in [6.45, 7) is 0. The number of hydrogen-bond acceptors (Lipinski definition) is 3. The van der Waals surface area contributed by atoms with Crippen molar-refractivity contribution in [3.63, 3.8) is 0 Å². The highest BCUT2D eigenvalue weighted by atomic mass is 32.2. The third-order valence-electron chi connectivity index (χ3n) is 1.55. The molecule has 58 valence electrons. The molecular formula is C8H8OS2. The van der Waals surface area contributed by atoms with Crippen LogP contribution in [0.2, 0.25) is 0 Å². The number of benzene rings is 1. The zero-order chi connectivity index (χ0) is 7.68. The van der Waals surface area contributed by atoms with Crippen LogP contribution in [0.25, 0.3) is 0 Å². The van der Waals surface area contributed by atoms with Gasteiger partial charge < -0.3 is 5.11 Å². The molecule has 0 radical (unpaired) electrons. The van der Waals surface area contributed by atoms with Crippen molar-refractivity contribution >= 4 is 23.5 Å². The summed E-state index contributed by atoms with van der Waals surface area (Å²) in [7, 11) is 0. The third-order valence-corrected chi connectivity index (χ3v) is 4.12. The first-order valence-electron chi connectivity index (χ1n) is 3.45. The van der Waals surface area contributed by atoms with E-state index in [4.69, 9.17) is 0 Å². The molecule has 0 saturated carbocycles. The molecule has 1 aromatic rings. The predicted molar refractivity (Wildman–Crippen MR) is 49.6 cm³/mol. The molecule has 1 nitrogen and oxygen atoms in total. The van der Waals surface area contributed by atoms with Gasteiger partial charge >= 0.3 is 0 Å². The summed E-state index contributed by atoms with van der Waals surface area (Å²) in [4.78, 5) is 2.28. The van der Waals surface area contributed by atoms with E-state index in [-0.39, 0.29) is 0 Å². The number of hydrogen-bond donors (Lipinski definition) is 1. The van der Waals surface area contributed by atoms with E-state index in [1.807, 2.05) is 17.8 Å². The van der Waals surface area contributed by atoms with Crippen LogP contribution in [0, 0.1) is 0 Å². The molecule has 0 amide bonds. The Kier molecular flexibility index (Phi) is 2.00. The van der Waals surface area contributed by atoms with Crippen molar-refractivity contribution < 1.29 is 5.11 Å². The highest BCUT2D eigenvalue weighted by Gasteiger charge is 2.12. The first-order valence-corrected chi connectivity index (χ1v) is 5.42. The van der Waals surface area contributed by atoms with Crippen LogP contribution in [0.5, 0.6) is 5.75 Å². The van der Waals surface area contributed by atoms with Crippen molar-refractivity contribution in [2.24, 2.45) is 0 Å². The molecular weight excluding hydrogens is 176 g/mol. The van der Waals surface area contributed by atoms with Crippen molar-refractivity contribution in [1.82, 2.24) is 0 Å². The number of phenolic OH excluding ortho intramolecular Hbond substituents is 1. The van der Waals surface area contributed by atoms with E-state index in [2.05, 4.69) is 6.07 Å². The first-order chi connectivity index (χ1) is 5.38. The summed E-state index contributed by atoms with van der Waals surface area (Å²) in [6, 6.07) is 5.70. The zero-order valence-electron chi connectivity index (χ0n) is 5.91. The maximum atomic E-state index is 9.42. The van der Waals surface area contributed by atoms with Gasteiger partial charge in [0.15, 0.2) is 0 Å². The topological polar surface area (TPSA) is 20.2 Å². The average molecular weight is 184 g/mol. The Hall–Kier alpha value is -0.280. The lowest BCUT2D eigenvalue weighted by molar-refractivity contribution is 0.459. The molecule has 1 aliphatic heterocycles. The molecule has 0 unspecified atom stereocenters. The minimum Gasteiger partial charge on any atom is -0.507 e. The fourth-order valence-electron chi connectivity index (χ4n) is 1.06. The van der Waals surface area contributed by atoms with Crippen LogP contribution in [-0.2, 0) is 0 Å². The van der Waals surface area contributed by atoms with Gasteiger partial charge in [-0.25, -0.2) is 0 Å². The van der Waals surface area contributed by atoms with Crippen LogP contribution in [0.1, 0.15) is 0 Å². The van der Waals surface area contributed by atoms with Crippen molar-refractivity contribution in [3.8, 4) is 5.75 Å². The highest BCUT2D eigenvalue weighted by Crippen LogP contribution is 2.41. The van der Waals surface area contributed by atoms with Gasteiger partial charge in [-0.3, -0.25) is 0 Å². The van der Waals surface area contributed by atoms with Gasteiger partial charge in [0, 0.05) is 16.4 Å². The van der Waals surface area contributed by atoms with Gasteiger partial charge in [0.05, 0.1) is 4.90 Å². The SMILES string of the molecule is Oc1cccc2c1SCCS2. The molecule has 0 spiro atoms. The first kappa shape index (κ1) is 7.37. The minimum absolute atomic E-state index is 0.430. The second-order valence-electron chi connectivity index (χ2n) is 2.30. The zero-order valence-corrected chi connectivity index (χ0v) is 7.54. The number of phenols is 1. The van der Waals surface area contributed by atoms with Crippen molar-refractivity contribution in [2.45, 2.75) is 9.79 Å². The summed E-state index contributed by atoms with van der Waals surface area (Å²) < 4.78 is 0. The predicted octanol–water partition coefficient (Wildman–Crippen LogP) is 2.59. The molecule has 0 aliphatic carbocycles. The molecule has 0 aromatic heterocycles. The molecule has 0 atom stereocenters. The van der Waals surface area contributed by atoms with Gasteiger partial charge in [-0.15, -0.1) is 23.5 Å². The van der Waals surface area contributed by atoms with E-state index in [0.717, 1.165) is 16.4 Å². The largest absolute Gasteiger partial charge is 0.507 e. The van der Waals surface area contributed by atoms with Crippen LogP contribution >= 0.6 is 23.5 Å².